The number of carbonyl (C=O) groups excluding carboxylic acids is 1. The predicted octanol–water partition coefficient (Wildman–Crippen LogP) is 5.04. The predicted molar refractivity (Wildman–Crippen MR) is 105 cm³/mol. The van der Waals surface area contributed by atoms with Crippen LogP contribution in [-0.4, -0.2) is 30.6 Å². The van der Waals surface area contributed by atoms with Crippen LogP contribution < -0.4 is 0 Å². The van der Waals surface area contributed by atoms with Crippen molar-refractivity contribution < 1.29 is 9.63 Å². The molecule has 0 radical (unpaired) electrons. The summed E-state index contributed by atoms with van der Waals surface area (Å²) in [5.74, 6) is -0.0166. The minimum Gasteiger partial charge on any atom is -0.384 e. The molecule has 1 heterocycles. The Labute approximate surface area is 163 Å². The second-order valence-corrected chi connectivity index (χ2v) is 7.80. The summed E-state index contributed by atoms with van der Waals surface area (Å²) in [6.07, 6.45) is 0.587. The lowest BCUT2D eigenvalue weighted by Gasteiger charge is -2.22. The molecule has 0 aromatic heterocycles. The van der Waals surface area contributed by atoms with Gasteiger partial charge in [0.1, 0.15) is 0 Å². The van der Waals surface area contributed by atoms with E-state index in [9.17, 15) is 4.79 Å². The van der Waals surface area contributed by atoms with Crippen molar-refractivity contribution in [3.63, 3.8) is 0 Å². The van der Waals surface area contributed by atoms with Crippen molar-refractivity contribution in [2.45, 2.75) is 25.9 Å². The van der Waals surface area contributed by atoms with Crippen LogP contribution in [-0.2, 0) is 10.4 Å². The van der Waals surface area contributed by atoms with Gasteiger partial charge in [0, 0.05) is 41.7 Å². The van der Waals surface area contributed by atoms with Gasteiger partial charge in [0.15, 0.2) is 5.60 Å². The molecule has 0 saturated carbocycles. The van der Waals surface area contributed by atoms with Crippen LogP contribution in [0.3, 0.4) is 0 Å². The number of amides is 1. The summed E-state index contributed by atoms with van der Waals surface area (Å²) in [6.45, 7) is 3.88. The van der Waals surface area contributed by atoms with Crippen molar-refractivity contribution in [3.05, 3.63) is 68.7 Å². The molecule has 1 amide bonds. The smallest absolute Gasteiger partial charge is 0.253 e. The van der Waals surface area contributed by atoms with Crippen LogP contribution in [0.4, 0.5) is 0 Å². The summed E-state index contributed by atoms with van der Waals surface area (Å²) >= 11 is 12.2. The number of oxime groups is 1. The van der Waals surface area contributed by atoms with Crippen LogP contribution >= 0.6 is 23.2 Å². The summed E-state index contributed by atoms with van der Waals surface area (Å²) < 4.78 is 0. The molecule has 26 heavy (non-hydrogen) atoms. The molecule has 136 valence electrons. The van der Waals surface area contributed by atoms with E-state index in [1.807, 2.05) is 44.2 Å². The molecule has 1 atom stereocenters. The van der Waals surface area contributed by atoms with Crippen molar-refractivity contribution in [1.82, 2.24) is 4.90 Å². The molecule has 1 aliphatic rings. The van der Waals surface area contributed by atoms with Crippen molar-refractivity contribution in [2.75, 3.05) is 14.1 Å². The first-order valence-electron chi connectivity index (χ1n) is 8.24. The third-order valence-corrected chi connectivity index (χ3v) is 4.97. The van der Waals surface area contributed by atoms with Crippen LogP contribution in [0.5, 0.6) is 0 Å². The van der Waals surface area contributed by atoms with Gasteiger partial charge < -0.3 is 9.74 Å². The first kappa shape index (κ1) is 18.7. The number of aryl methyl sites for hydroxylation is 1. The highest BCUT2D eigenvalue weighted by Gasteiger charge is 2.37. The second kappa shape index (κ2) is 6.93. The molecule has 1 unspecified atom stereocenters. The zero-order valence-electron chi connectivity index (χ0n) is 15.1. The minimum atomic E-state index is -0.629. The number of nitrogens with zero attached hydrogens (tertiary/aromatic N) is 2. The van der Waals surface area contributed by atoms with Gasteiger partial charge in [-0.25, -0.2) is 0 Å². The van der Waals surface area contributed by atoms with Gasteiger partial charge in [0.05, 0.1) is 5.71 Å². The molecule has 2 aromatic carbocycles. The quantitative estimate of drug-likeness (QED) is 0.735. The number of benzene rings is 2. The fourth-order valence-electron chi connectivity index (χ4n) is 3.03. The van der Waals surface area contributed by atoms with E-state index < -0.39 is 5.60 Å². The number of hydrogen-bond donors (Lipinski definition) is 0. The van der Waals surface area contributed by atoms with Gasteiger partial charge in [-0.1, -0.05) is 34.4 Å². The summed E-state index contributed by atoms with van der Waals surface area (Å²) in [6, 6.07) is 11.1. The SMILES string of the molecule is Cc1cc(C2=NOC(C)(c3cc(Cl)cc(Cl)c3)C2)ccc1C(=O)N(C)C. The highest BCUT2D eigenvalue weighted by molar-refractivity contribution is 6.34. The van der Waals surface area contributed by atoms with Crippen LogP contribution in [0, 0.1) is 6.92 Å². The monoisotopic (exact) mass is 390 g/mol. The first-order chi connectivity index (χ1) is 12.2. The number of hydrogen-bond acceptors (Lipinski definition) is 3. The molecule has 0 bridgehead atoms. The summed E-state index contributed by atoms with van der Waals surface area (Å²) in [7, 11) is 3.48. The minimum absolute atomic E-state index is 0.0166. The maximum atomic E-state index is 12.2. The third-order valence-electron chi connectivity index (χ3n) is 4.53. The second-order valence-electron chi connectivity index (χ2n) is 6.92. The number of halogens is 2. The Morgan fingerprint density at radius 3 is 2.38 bits per heavy atom. The Kier molecular flexibility index (Phi) is 5.00. The van der Waals surface area contributed by atoms with E-state index in [1.165, 1.54) is 0 Å². The van der Waals surface area contributed by atoms with E-state index in [4.69, 9.17) is 28.0 Å². The lowest BCUT2D eigenvalue weighted by Crippen LogP contribution is -2.23. The molecule has 6 heteroatoms. The molecule has 0 N–H and O–H groups in total. The summed E-state index contributed by atoms with van der Waals surface area (Å²) in [5.41, 5.74) is 3.61. The topological polar surface area (TPSA) is 41.9 Å². The highest BCUT2D eigenvalue weighted by atomic mass is 35.5. The van der Waals surface area contributed by atoms with Crippen LogP contribution in [0.25, 0.3) is 0 Å². The Morgan fingerprint density at radius 1 is 1.15 bits per heavy atom. The van der Waals surface area contributed by atoms with Gasteiger partial charge in [-0.15, -0.1) is 0 Å². The molecule has 0 saturated heterocycles. The van der Waals surface area contributed by atoms with Gasteiger partial charge in [-0.2, -0.15) is 0 Å². The zero-order valence-corrected chi connectivity index (χ0v) is 16.6. The van der Waals surface area contributed by atoms with Crippen molar-refractivity contribution in [2.24, 2.45) is 5.16 Å². The average molecular weight is 391 g/mol. The standard InChI is InChI=1S/C20H20Cl2N2O2/c1-12-7-13(5-6-17(12)19(25)24(3)4)18-11-20(2,26-23-18)14-8-15(21)10-16(22)9-14/h5-10H,11H2,1-4H3. The Bertz CT molecular complexity index is 888. The fraction of sp³-hybridized carbons (Fsp3) is 0.300. The molecule has 1 aliphatic heterocycles. The molecular weight excluding hydrogens is 371 g/mol. The Morgan fingerprint density at radius 2 is 1.81 bits per heavy atom. The van der Waals surface area contributed by atoms with E-state index in [0.717, 1.165) is 22.4 Å². The van der Waals surface area contributed by atoms with E-state index in [2.05, 4.69) is 5.16 Å². The molecule has 0 fully saturated rings. The lowest BCUT2D eigenvalue weighted by atomic mass is 9.88. The number of rotatable bonds is 3. The fourth-order valence-corrected chi connectivity index (χ4v) is 3.56. The first-order valence-corrected chi connectivity index (χ1v) is 8.99. The lowest BCUT2D eigenvalue weighted by molar-refractivity contribution is -0.00737. The average Bonchev–Trinajstić information content (AvgIpc) is 2.97. The molecule has 0 spiro atoms. The summed E-state index contributed by atoms with van der Waals surface area (Å²) in [5, 5.41) is 5.41. The molecular formula is C20H20Cl2N2O2. The molecule has 4 nitrogen and oxygen atoms in total. The third kappa shape index (κ3) is 3.57. The van der Waals surface area contributed by atoms with Crippen molar-refractivity contribution in [1.29, 1.82) is 0 Å². The van der Waals surface area contributed by atoms with E-state index >= 15 is 0 Å². The maximum Gasteiger partial charge on any atom is 0.253 e. The van der Waals surface area contributed by atoms with Gasteiger partial charge in [-0.05, 0) is 55.3 Å². The van der Waals surface area contributed by atoms with Gasteiger partial charge in [0.2, 0.25) is 0 Å². The molecule has 2 aromatic rings. The van der Waals surface area contributed by atoms with Crippen LogP contribution in [0.15, 0.2) is 41.6 Å². The Hall–Kier alpha value is -2.04. The molecule has 3 rings (SSSR count). The van der Waals surface area contributed by atoms with E-state index in [0.29, 0.717) is 22.0 Å². The van der Waals surface area contributed by atoms with E-state index in [1.54, 1.807) is 25.1 Å². The van der Waals surface area contributed by atoms with Gasteiger partial charge >= 0.3 is 0 Å². The maximum absolute atomic E-state index is 12.2. The normalized spacial score (nSPS) is 19.1. The largest absolute Gasteiger partial charge is 0.384 e. The molecule has 0 aliphatic carbocycles. The van der Waals surface area contributed by atoms with Crippen molar-refractivity contribution in [3.8, 4) is 0 Å². The van der Waals surface area contributed by atoms with Gasteiger partial charge in [0.25, 0.3) is 5.91 Å². The highest BCUT2D eigenvalue weighted by Crippen LogP contribution is 2.38. The van der Waals surface area contributed by atoms with E-state index in [-0.39, 0.29) is 5.91 Å². The van der Waals surface area contributed by atoms with Crippen molar-refractivity contribution >= 4 is 34.8 Å². The van der Waals surface area contributed by atoms with Crippen LogP contribution in [0.1, 0.15) is 40.4 Å². The number of carbonyl (C=O) groups is 1. The van der Waals surface area contributed by atoms with Gasteiger partial charge in [-0.3, -0.25) is 4.79 Å². The zero-order chi connectivity index (χ0) is 19.1. The Balaban J connectivity index is 1.86. The summed E-state index contributed by atoms with van der Waals surface area (Å²) in [4.78, 5) is 19.5. The van der Waals surface area contributed by atoms with Crippen LogP contribution in [0.2, 0.25) is 10.0 Å².